The average molecular weight is 437 g/mol. The van der Waals surface area contributed by atoms with Gasteiger partial charge in [0, 0.05) is 25.0 Å². The largest absolute Gasteiger partial charge is 0.385 e. The van der Waals surface area contributed by atoms with Crippen molar-refractivity contribution in [3.8, 4) is 0 Å². The quantitative estimate of drug-likeness (QED) is 0.656. The molecule has 162 valence electrons. The molecule has 0 spiro atoms. The van der Waals surface area contributed by atoms with Crippen molar-refractivity contribution in [1.29, 1.82) is 0 Å². The molecule has 0 unspecified atom stereocenters. The summed E-state index contributed by atoms with van der Waals surface area (Å²) >= 11 is 0. The minimum atomic E-state index is -3.48. The highest BCUT2D eigenvalue weighted by molar-refractivity contribution is 7.93. The van der Waals surface area contributed by atoms with E-state index in [0.717, 1.165) is 48.1 Å². The van der Waals surface area contributed by atoms with Gasteiger partial charge < -0.3 is 10.0 Å². The standard InChI is InChI=1S/C25H28N2O3S/c1-19-9-11-21(12-10-19)25(28)13-17-26(18-14-25)15-4-16-27-22-7-2-5-20-6-3-8-23(24(20)22)31(27,29)30/h2-3,5-12,28H,4,13-18H2,1H3. The first-order valence-electron chi connectivity index (χ1n) is 10.9. The third-order valence-corrected chi connectivity index (χ3v) is 8.64. The molecule has 0 aliphatic carbocycles. The second-order valence-electron chi connectivity index (χ2n) is 8.80. The molecule has 2 aliphatic heterocycles. The van der Waals surface area contributed by atoms with Crippen molar-refractivity contribution in [2.24, 2.45) is 0 Å². The number of aliphatic hydroxyl groups is 1. The minimum Gasteiger partial charge on any atom is -0.385 e. The number of rotatable bonds is 5. The fraction of sp³-hybridized carbons (Fsp3) is 0.360. The maximum atomic E-state index is 13.1. The summed E-state index contributed by atoms with van der Waals surface area (Å²) < 4.78 is 27.8. The maximum absolute atomic E-state index is 13.1. The lowest BCUT2D eigenvalue weighted by molar-refractivity contribution is -0.0258. The average Bonchev–Trinajstić information content (AvgIpc) is 2.99. The van der Waals surface area contributed by atoms with Crippen molar-refractivity contribution in [3.05, 3.63) is 71.8 Å². The predicted octanol–water partition coefficient (Wildman–Crippen LogP) is 4.03. The number of piperidine rings is 1. The van der Waals surface area contributed by atoms with E-state index in [9.17, 15) is 13.5 Å². The summed E-state index contributed by atoms with van der Waals surface area (Å²) in [6.07, 6.45) is 2.15. The Balaban J connectivity index is 1.22. The molecule has 0 radical (unpaired) electrons. The molecular formula is C25H28N2O3S. The van der Waals surface area contributed by atoms with Crippen LogP contribution in [-0.2, 0) is 15.6 Å². The Morgan fingerprint density at radius 2 is 1.61 bits per heavy atom. The van der Waals surface area contributed by atoms with Crippen LogP contribution in [0.5, 0.6) is 0 Å². The molecule has 31 heavy (non-hydrogen) atoms. The Labute approximate surface area is 184 Å². The molecule has 0 aromatic heterocycles. The lowest BCUT2D eigenvalue weighted by Gasteiger charge is -2.38. The maximum Gasteiger partial charge on any atom is 0.265 e. The Hall–Kier alpha value is -2.41. The molecule has 0 saturated carbocycles. The first kappa shape index (κ1) is 20.5. The fourth-order valence-corrected chi connectivity index (χ4v) is 6.68. The Bertz CT molecular complexity index is 1210. The molecule has 5 rings (SSSR count). The van der Waals surface area contributed by atoms with Crippen LogP contribution in [0.3, 0.4) is 0 Å². The molecule has 2 aliphatic rings. The zero-order valence-electron chi connectivity index (χ0n) is 17.8. The molecule has 3 aromatic rings. The Kier molecular flexibility index (Phi) is 5.04. The normalized spacial score (nSPS) is 19.7. The molecule has 1 saturated heterocycles. The summed E-state index contributed by atoms with van der Waals surface area (Å²) in [5.41, 5.74) is 2.21. The highest BCUT2D eigenvalue weighted by Crippen LogP contribution is 2.42. The van der Waals surface area contributed by atoms with Gasteiger partial charge >= 0.3 is 0 Å². The summed E-state index contributed by atoms with van der Waals surface area (Å²) in [6.45, 7) is 4.97. The molecule has 3 aromatic carbocycles. The number of hydrogen-bond acceptors (Lipinski definition) is 4. The van der Waals surface area contributed by atoms with Gasteiger partial charge in [-0.1, -0.05) is 54.1 Å². The lowest BCUT2D eigenvalue weighted by atomic mass is 9.84. The highest BCUT2D eigenvalue weighted by atomic mass is 32.2. The van der Waals surface area contributed by atoms with Gasteiger partial charge in [-0.3, -0.25) is 4.31 Å². The Morgan fingerprint density at radius 1 is 0.935 bits per heavy atom. The number of sulfonamides is 1. The van der Waals surface area contributed by atoms with Crippen LogP contribution in [0.4, 0.5) is 5.69 Å². The van der Waals surface area contributed by atoms with Crippen LogP contribution >= 0.6 is 0 Å². The molecule has 5 nitrogen and oxygen atoms in total. The van der Waals surface area contributed by atoms with Crippen molar-refractivity contribution >= 4 is 26.5 Å². The van der Waals surface area contributed by atoms with Crippen molar-refractivity contribution in [3.63, 3.8) is 0 Å². The first-order valence-corrected chi connectivity index (χ1v) is 12.4. The number of aryl methyl sites for hydroxylation is 1. The van der Waals surface area contributed by atoms with Gasteiger partial charge in [-0.05, 0) is 55.8 Å². The van der Waals surface area contributed by atoms with Crippen LogP contribution in [-0.4, -0.2) is 44.6 Å². The first-order chi connectivity index (χ1) is 14.9. The molecule has 0 amide bonds. The van der Waals surface area contributed by atoms with Crippen LogP contribution in [0, 0.1) is 6.92 Å². The molecule has 1 fully saturated rings. The summed E-state index contributed by atoms with van der Waals surface area (Å²) in [5.74, 6) is 0. The fourth-order valence-electron chi connectivity index (χ4n) is 4.94. The zero-order valence-corrected chi connectivity index (χ0v) is 18.6. The lowest BCUT2D eigenvalue weighted by Crippen LogP contribution is -2.43. The van der Waals surface area contributed by atoms with Crippen molar-refractivity contribution in [1.82, 2.24) is 4.90 Å². The Morgan fingerprint density at radius 3 is 2.32 bits per heavy atom. The van der Waals surface area contributed by atoms with Gasteiger partial charge in [0.1, 0.15) is 0 Å². The number of benzene rings is 3. The van der Waals surface area contributed by atoms with Crippen molar-refractivity contribution < 1.29 is 13.5 Å². The van der Waals surface area contributed by atoms with Gasteiger partial charge in [0.25, 0.3) is 10.0 Å². The van der Waals surface area contributed by atoms with Crippen LogP contribution in [0.25, 0.3) is 10.8 Å². The third-order valence-electron chi connectivity index (χ3n) is 6.79. The van der Waals surface area contributed by atoms with E-state index in [4.69, 9.17) is 0 Å². The van der Waals surface area contributed by atoms with Gasteiger partial charge in [0.15, 0.2) is 0 Å². The number of hydrogen-bond donors (Lipinski definition) is 1. The number of nitrogens with zero attached hydrogens (tertiary/aromatic N) is 2. The molecule has 0 bridgehead atoms. The van der Waals surface area contributed by atoms with Gasteiger partial charge in [0.05, 0.1) is 16.2 Å². The molecule has 2 heterocycles. The van der Waals surface area contributed by atoms with Crippen LogP contribution < -0.4 is 4.31 Å². The van der Waals surface area contributed by atoms with Crippen LogP contribution in [0.15, 0.2) is 65.6 Å². The predicted molar refractivity (Wildman–Crippen MR) is 124 cm³/mol. The molecule has 1 N–H and O–H groups in total. The van der Waals surface area contributed by atoms with Gasteiger partial charge in [-0.25, -0.2) is 8.42 Å². The van der Waals surface area contributed by atoms with E-state index in [1.54, 1.807) is 10.4 Å². The van der Waals surface area contributed by atoms with Gasteiger partial charge in [0.2, 0.25) is 0 Å². The molecule has 0 atom stereocenters. The zero-order chi connectivity index (χ0) is 21.6. The van der Waals surface area contributed by atoms with Crippen LogP contribution in [0.2, 0.25) is 0 Å². The molecular weight excluding hydrogens is 408 g/mol. The van der Waals surface area contributed by atoms with Crippen molar-refractivity contribution in [2.45, 2.75) is 36.7 Å². The van der Waals surface area contributed by atoms with Crippen LogP contribution in [0.1, 0.15) is 30.4 Å². The molecule has 6 heteroatoms. The van der Waals surface area contributed by atoms with E-state index in [-0.39, 0.29) is 0 Å². The third kappa shape index (κ3) is 3.53. The van der Waals surface area contributed by atoms with E-state index < -0.39 is 15.6 Å². The van der Waals surface area contributed by atoms with E-state index in [0.29, 0.717) is 24.3 Å². The second-order valence-corrected chi connectivity index (χ2v) is 10.6. The number of likely N-dealkylation sites (tertiary alicyclic amines) is 1. The van der Waals surface area contributed by atoms with Gasteiger partial charge in [-0.15, -0.1) is 0 Å². The SMILES string of the molecule is Cc1ccc(C2(O)CCN(CCCN3c4cccc5cccc(c45)S3(=O)=O)CC2)cc1. The van der Waals surface area contributed by atoms with E-state index in [1.165, 1.54) is 5.56 Å². The second kappa shape index (κ2) is 7.62. The summed E-state index contributed by atoms with van der Waals surface area (Å²) in [5, 5.41) is 12.9. The van der Waals surface area contributed by atoms with E-state index in [1.807, 2.05) is 42.5 Å². The summed E-state index contributed by atoms with van der Waals surface area (Å²) in [7, 11) is -3.48. The van der Waals surface area contributed by atoms with E-state index >= 15 is 0 Å². The number of anilines is 1. The summed E-state index contributed by atoms with van der Waals surface area (Å²) in [6, 6.07) is 19.4. The highest BCUT2D eigenvalue weighted by Gasteiger charge is 2.36. The monoisotopic (exact) mass is 436 g/mol. The minimum absolute atomic E-state index is 0.418. The van der Waals surface area contributed by atoms with Gasteiger partial charge in [-0.2, -0.15) is 0 Å². The smallest absolute Gasteiger partial charge is 0.265 e. The topological polar surface area (TPSA) is 60.9 Å². The van der Waals surface area contributed by atoms with Crippen molar-refractivity contribution in [2.75, 3.05) is 30.5 Å². The summed E-state index contributed by atoms with van der Waals surface area (Å²) in [4.78, 5) is 2.75. The van der Waals surface area contributed by atoms with E-state index in [2.05, 4.69) is 24.0 Å².